The smallest absolute Gasteiger partial charge is 0.345 e. The van der Waals surface area contributed by atoms with Gasteiger partial charge in [-0.3, -0.25) is 9.36 Å². The van der Waals surface area contributed by atoms with E-state index in [-0.39, 0.29) is 23.2 Å². The van der Waals surface area contributed by atoms with Gasteiger partial charge in [-0.1, -0.05) is 0 Å². The number of benzene rings is 1. The zero-order valence-corrected chi connectivity index (χ0v) is 19.0. The van der Waals surface area contributed by atoms with Gasteiger partial charge in [0.1, 0.15) is 11.6 Å². The molecule has 0 amide bonds. The van der Waals surface area contributed by atoms with Crippen molar-refractivity contribution in [3.8, 4) is 0 Å². The number of likely N-dealkylation sites (tertiary alicyclic amines) is 1. The molecule has 0 N–H and O–H groups in total. The van der Waals surface area contributed by atoms with Crippen molar-refractivity contribution in [2.75, 3.05) is 50.8 Å². The Morgan fingerprint density at radius 2 is 1.85 bits per heavy atom. The average molecular weight is 458 g/mol. The number of ether oxygens (including phenoxy) is 1. The van der Waals surface area contributed by atoms with Gasteiger partial charge < -0.3 is 14.5 Å². The maximum Gasteiger partial charge on any atom is 0.345 e. The molecule has 3 aliphatic rings. The van der Waals surface area contributed by atoms with E-state index < -0.39 is 0 Å². The molecule has 0 atom stereocenters. The first-order valence-corrected chi connectivity index (χ1v) is 12.2. The second-order valence-corrected chi connectivity index (χ2v) is 9.27. The Kier molecular flexibility index (Phi) is 6.59. The molecular formula is C24H32FN5O3. The molecule has 8 nitrogen and oxygen atoms in total. The standard InChI is InChI=1S/C24H32FN5O3/c25-19-4-5-20(21(17-19)28-13-15-33-16-14-28)23(31)18-6-9-27(10-7-18)11-12-30-24(32)29-8-2-1-3-22(29)26-30/h4-5,17-18H,1-3,6-16H2. The number of nitrogens with zero attached hydrogens (tertiary/aromatic N) is 5. The molecule has 5 rings (SSSR count). The Balaban J connectivity index is 1.19. The number of aromatic nitrogens is 3. The zero-order chi connectivity index (χ0) is 22.8. The van der Waals surface area contributed by atoms with Gasteiger partial charge in [0, 0.05) is 44.1 Å². The monoisotopic (exact) mass is 457 g/mol. The molecule has 0 radical (unpaired) electrons. The van der Waals surface area contributed by atoms with E-state index in [1.165, 1.54) is 12.1 Å². The number of hydrogen-bond acceptors (Lipinski definition) is 6. The highest BCUT2D eigenvalue weighted by Gasteiger charge is 2.29. The van der Waals surface area contributed by atoms with Crippen molar-refractivity contribution >= 4 is 11.5 Å². The van der Waals surface area contributed by atoms with Crippen LogP contribution in [0.3, 0.4) is 0 Å². The minimum atomic E-state index is -0.320. The lowest BCUT2D eigenvalue weighted by atomic mass is 9.88. The van der Waals surface area contributed by atoms with Gasteiger partial charge in [-0.15, -0.1) is 0 Å². The summed E-state index contributed by atoms with van der Waals surface area (Å²) in [6, 6.07) is 4.51. The number of fused-ring (bicyclic) bond motifs is 1. The summed E-state index contributed by atoms with van der Waals surface area (Å²) in [4.78, 5) is 30.3. The van der Waals surface area contributed by atoms with Crippen LogP contribution in [0, 0.1) is 11.7 Å². The molecule has 0 bridgehead atoms. The second-order valence-electron chi connectivity index (χ2n) is 9.27. The quantitative estimate of drug-likeness (QED) is 0.618. The predicted octanol–water partition coefficient (Wildman–Crippen LogP) is 1.95. The van der Waals surface area contributed by atoms with Crippen LogP contribution in [-0.2, 0) is 24.2 Å². The van der Waals surface area contributed by atoms with Crippen molar-refractivity contribution in [1.82, 2.24) is 19.2 Å². The Hall–Kier alpha value is -2.52. The Bertz CT molecular complexity index is 1050. The summed E-state index contributed by atoms with van der Waals surface area (Å²) >= 11 is 0. The third kappa shape index (κ3) is 4.75. The average Bonchev–Trinajstić information content (AvgIpc) is 3.18. The predicted molar refractivity (Wildman–Crippen MR) is 122 cm³/mol. The molecule has 4 heterocycles. The van der Waals surface area contributed by atoms with Crippen LogP contribution in [0.4, 0.5) is 10.1 Å². The van der Waals surface area contributed by atoms with Crippen LogP contribution in [0.5, 0.6) is 0 Å². The highest BCUT2D eigenvalue weighted by molar-refractivity contribution is 6.03. The first kappa shape index (κ1) is 22.3. The van der Waals surface area contributed by atoms with Crippen LogP contribution in [0.15, 0.2) is 23.0 Å². The first-order chi connectivity index (χ1) is 16.1. The van der Waals surface area contributed by atoms with E-state index in [0.29, 0.717) is 44.1 Å². The normalized spacial score (nSPS) is 20.1. The lowest BCUT2D eigenvalue weighted by Gasteiger charge is -2.33. The van der Waals surface area contributed by atoms with Crippen LogP contribution in [0.25, 0.3) is 0 Å². The van der Waals surface area contributed by atoms with Crippen LogP contribution in [0.2, 0.25) is 0 Å². The van der Waals surface area contributed by atoms with Crippen molar-refractivity contribution < 1.29 is 13.9 Å². The highest BCUT2D eigenvalue weighted by Crippen LogP contribution is 2.29. The zero-order valence-electron chi connectivity index (χ0n) is 19.0. The number of morpholine rings is 1. The van der Waals surface area contributed by atoms with Gasteiger partial charge in [0.15, 0.2) is 5.78 Å². The van der Waals surface area contributed by atoms with Crippen molar-refractivity contribution in [2.45, 2.75) is 45.2 Å². The largest absolute Gasteiger partial charge is 0.378 e. The Labute approximate surface area is 192 Å². The van der Waals surface area contributed by atoms with E-state index in [2.05, 4.69) is 14.9 Å². The van der Waals surface area contributed by atoms with Gasteiger partial charge in [0.25, 0.3) is 0 Å². The molecule has 0 aliphatic carbocycles. The molecule has 3 aliphatic heterocycles. The van der Waals surface area contributed by atoms with Gasteiger partial charge >= 0.3 is 5.69 Å². The molecule has 1 aromatic heterocycles. The van der Waals surface area contributed by atoms with Crippen LogP contribution in [-0.4, -0.2) is 71.0 Å². The topological polar surface area (TPSA) is 72.6 Å². The van der Waals surface area contributed by atoms with Crippen LogP contribution in [0.1, 0.15) is 41.9 Å². The van der Waals surface area contributed by atoms with Gasteiger partial charge in [-0.05, 0) is 57.0 Å². The van der Waals surface area contributed by atoms with E-state index in [9.17, 15) is 14.0 Å². The number of piperidine rings is 1. The lowest BCUT2D eigenvalue weighted by Crippen LogP contribution is -2.40. The highest BCUT2D eigenvalue weighted by atomic mass is 19.1. The second kappa shape index (κ2) is 9.77. The third-order valence-electron chi connectivity index (χ3n) is 7.19. The molecule has 0 unspecified atom stereocenters. The molecular weight excluding hydrogens is 425 g/mol. The number of aryl methyl sites for hydroxylation is 1. The maximum atomic E-state index is 14.0. The number of ketones is 1. The van der Waals surface area contributed by atoms with Gasteiger partial charge in [-0.25, -0.2) is 13.9 Å². The number of rotatable bonds is 6. The summed E-state index contributed by atoms with van der Waals surface area (Å²) in [5.74, 6) is 0.633. The van der Waals surface area contributed by atoms with E-state index in [1.54, 1.807) is 10.7 Å². The molecule has 0 saturated carbocycles. The summed E-state index contributed by atoms with van der Waals surface area (Å²) in [7, 11) is 0. The number of carbonyl (C=O) groups is 1. The van der Waals surface area contributed by atoms with Crippen LogP contribution < -0.4 is 10.6 Å². The summed E-state index contributed by atoms with van der Waals surface area (Å²) in [5, 5.41) is 4.52. The number of hydrogen-bond donors (Lipinski definition) is 0. The van der Waals surface area contributed by atoms with E-state index in [0.717, 1.165) is 64.1 Å². The van der Waals surface area contributed by atoms with E-state index >= 15 is 0 Å². The number of carbonyl (C=O) groups excluding carboxylic acids is 1. The Morgan fingerprint density at radius 1 is 1.06 bits per heavy atom. The summed E-state index contributed by atoms with van der Waals surface area (Å²) in [6.07, 6.45) is 4.56. The summed E-state index contributed by atoms with van der Waals surface area (Å²) < 4.78 is 22.8. The Morgan fingerprint density at radius 3 is 2.61 bits per heavy atom. The van der Waals surface area contributed by atoms with E-state index in [1.807, 2.05) is 4.57 Å². The van der Waals surface area contributed by atoms with Gasteiger partial charge in [0.2, 0.25) is 0 Å². The SMILES string of the molecule is O=C(c1ccc(F)cc1N1CCOCC1)C1CCN(CCn2nc3n(c2=O)CCCC3)CC1. The maximum absolute atomic E-state index is 14.0. The summed E-state index contributed by atoms with van der Waals surface area (Å²) in [6.45, 7) is 6.25. The fraction of sp³-hybridized carbons (Fsp3) is 0.625. The molecule has 178 valence electrons. The molecule has 0 spiro atoms. The van der Waals surface area contributed by atoms with Crippen LogP contribution >= 0.6 is 0 Å². The van der Waals surface area contributed by atoms with Gasteiger partial charge in [-0.2, -0.15) is 5.10 Å². The van der Waals surface area contributed by atoms with Crippen molar-refractivity contribution in [3.63, 3.8) is 0 Å². The van der Waals surface area contributed by atoms with E-state index in [4.69, 9.17) is 4.74 Å². The fourth-order valence-electron chi connectivity index (χ4n) is 5.25. The third-order valence-corrected chi connectivity index (χ3v) is 7.19. The summed E-state index contributed by atoms with van der Waals surface area (Å²) in [5.41, 5.74) is 1.31. The molecule has 2 saturated heterocycles. The minimum absolute atomic E-state index is 0.00159. The van der Waals surface area contributed by atoms with Crippen molar-refractivity contribution in [1.29, 1.82) is 0 Å². The molecule has 1 aromatic carbocycles. The molecule has 2 aromatic rings. The minimum Gasteiger partial charge on any atom is -0.378 e. The molecule has 9 heteroatoms. The van der Waals surface area contributed by atoms with Gasteiger partial charge in [0.05, 0.1) is 25.4 Å². The lowest BCUT2D eigenvalue weighted by molar-refractivity contribution is 0.0835. The van der Waals surface area contributed by atoms with Crippen molar-refractivity contribution in [2.24, 2.45) is 5.92 Å². The number of Topliss-reactive ketones (excluding diaryl/α,β-unsaturated/α-hetero) is 1. The molecule has 2 fully saturated rings. The van der Waals surface area contributed by atoms with Crippen molar-refractivity contribution in [3.05, 3.63) is 45.9 Å². The fourth-order valence-corrected chi connectivity index (χ4v) is 5.25. The first-order valence-electron chi connectivity index (χ1n) is 12.2. The molecule has 33 heavy (non-hydrogen) atoms. The number of anilines is 1. The number of halogens is 1.